The largest absolute Gasteiger partial charge is 0.307 e. The molecular weight excluding hydrogens is 845 g/mol. The Morgan fingerprint density at radius 2 is 0.838 bits per heavy atom. The molecule has 3 aromatic heterocycles. The number of thiophene rings is 1. The fourth-order valence-corrected chi connectivity index (χ4v) is 11.5. The van der Waals surface area contributed by atoms with Gasteiger partial charge in [-0.15, -0.1) is 11.3 Å². The summed E-state index contributed by atoms with van der Waals surface area (Å²) in [6.07, 6.45) is 0. The first-order valence-corrected chi connectivity index (χ1v) is 23.8. The second kappa shape index (κ2) is 15.4. The van der Waals surface area contributed by atoms with Crippen molar-refractivity contribution < 1.29 is 0 Å². The summed E-state index contributed by atoms with van der Waals surface area (Å²) >= 11 is 1.80. The quantitative estimate of drug-likeness (QED) is 0.167. The molecule has 0 atom stereocenters. The van der Waals surface area contributed by atoms with Gasteiger partial charge in [-0.3, -0.25) is 0 Å². The minimum Gasteiger partial charge on any atom is -0.307 e. The van der Waals surface area contributed by atoms with Crippen molar-refractivity contribution in [1.82, 2.24) is 19.5 Å². The van der Waals surface area contributed by atoms with Crippen LogP contribution in [0.4, 0.5) is 0 Å². The topological polar surface area (TPSA) is 43.6 Å². The molecule has 0 amide bonds. The predicted octanol–water partition coefficient (Wildman–Crippen LogP) is 17.1. The van der Waals surface area contributed by atoms with Gasteiger partial charge in [0.25, 0.3) is 0 Å². The zero-order valence-corrected chi connectivity index (χ0v) is 37.5. The van der Waals surface area contributed by atoms with Crippen molar-refractivity contribution in [2.45, 2.75) is 0 Å². The van der Waals surface area contributed by atoms with Gasteiger partial charge >= 0.3 is 0 Å². The second-order valence-electron chi connectivity index (χ2n) is 17.5. The molecule has 0 spiro atoms. The lowest BCUT2D eigenvalue weighted by Gasteiger charge is -2.21. The van der Waals surface area contributed by atoms with Crippen molar-refractivity contribution >= 4 is 85.6 Å². The zero-order chi connectivity index (χ0) is 44.7. The van der Waals surface area contributed by atoms with Crippen LogP contribution < -0.4 is 0 Å². The predicted molar refractivity (Wildman–Crippen MR) is 287 cm³/mol. The van der Waals surface area contributed by atoms with Gasteiger partial charge in [0.15, 0.2) is 17.5 Å². The maximum atomic E-state index is 5.44. The molecule has 3 heterocycles. The molecule has 0 unspecified atom stereocenters. The first-order chi connectivity index (χ1) is 33.7. The number of nitrogens with zero attached hydrogens (tertiary/aromatic N) is 4. The number of fused-ring (bicyclic) bond motifs is 10. The fourth-order valence-electron chi connectivity index (χ4n) is 10.4. The van der Waals surface area contributed by atoms with Gasteiger partial charge in [0, 0.05) is 64.0 Å². The maximum Gasteiger partial charge on any atom is 0.164 e. The third-order valence-corrected chi connectivity index (χ3v) is 14.7. The highest BCUT2D eigenvalue weighted by Gasteiger charge is 2.24. The van der Waals surface area contributed by atoms with Crippen LogP contribution in [-0.4, -0.2) is 19.5 Å². The molecule has 0 fully saturated rings. The van der Waals surface area contributed by atoms with E-state index in [9.17, 15) is 0 Å². The summed E-state index contributed by atoms with van der Waals surface area (Å²) in [5.41, 5.74) is 10.8. The van der Waals surface area contributed by atoms with Crippen molar-refractivity contribution in [3.63, 3.8) is 0 Å². The SMILES string of the molecule is c1ccc(-c2ccc(-c3cc(-c4nc(-c5ccccc5)nc(-c5ccc6c(c5)sc5ccccc56)n4)c4ccccc4c3-n3c4cc5ccccc5cc4c4ccc5ccccc5c43)cc2)cc1. The van der Waals surface area contributed by atoms with Crippen molar-refractivity contribution in [3.05, 3.63) is 231 Å². The lowest BCUT2D eigenvalue weighted by atomic mass is 9.92. The minimum atomic E-state index is 0.619. The number of aromatic nitrogens is 4. The molecule has 4 nitrogen and oxygen atoms in total. The Morgan fingerprint density at radius 3 is 1.62 bits per heavy atom. The van der Waals surface area contributed by atoms with Crippen LogP contribution in [0.25, 0.3) is 136 Å². The molecule has 316 valence electrons. The van der Waals surface area contributed by atoms with Crippen LogP contribution in [-0.2, 0) is 0 Å². The molecule has 11 aromatic carbocycles. The zero-order valence-electron chi connectivity index (χ0n) is 36.6. The summed E-state index contributed by atoms with van der Waals surface area (Å²) in [5, 5.41) is 11.9. The third-order valence-electron chi connectivity index (χ3n) is 13.6. The minimum absolute atomic E-state index is 0.619. The molecule has 0 N–H and O–H groups in total. The molecule has 0 saturated carbocycles. The fraction of sp³-hybridized carbons (Fsp3) is 0. The Hall–Kier alpha value is -8.77. The molecule has 68 heavy (non-hydrogen) atoms. The van der Waals surface area contributed by atoms with Gasteiger partial charge in [-0.1, -0.05) is 200 Å². The highest BCUT2D eigenvalue weighted by Crippen LogP contribution is 2.46. The van der Waals surface area contributed by atoms with E-state index in [4.69, 9.17) is 15.0 Å². The van der Waals surface area contributed by atoms with E-state index < -0.39 is 0 Å². The molecule has 0 radical (unpaired) electrons. The Balaban J connectivity index is 1.09. The van der Waals surface area contributed by atoms with E-state index in [1.165, 1.54) is 63.6 Å². The number of hydrogen-bond acceptors (Lipinski definition) is 4. The molecule has 14 rings (SSSR count). The summed E-state index contributed by atoms with van der Waals surface area (Å²) in [5.74, 6) is 1.88. The lowest BCUT2D eigenvalue weighted by molar-refractivity contribution is 1.08. The molecule has 0 aliphatic rings. The van der Waals surface area contributed by atoms with Crippen LogP contribution in [0, 0.1) is 0 Å². The van der Waals surface area contributed by atoms with Gasteiger partial charge in [0.1, 0.15) is 0 Å². The van der Waals surface area contributed by atoms with Crippen LogP contribution in [0.3, 0.4) is 0 Å². The van der Waals surface area contributed by atoms with Crippen molar-refractivity contribution in [1.29, 1.82) is 0 Å². The maximum absolute atomic E-state index is 5.44. The van der Waals surface area contributed by atoms with Crippen molar-refractivity contribution in [3.8, 4) is 62.1 Å². The van der Waals surface area contributed by atoms with Crippen LogP contribution in [0.15, 0.2) is 231 Å². The second-order valence-corrected chi connectivity index (χ2v) is 18.6. The van der Waals surface area contributed by atoms with Gasteiger partial charge in [-0.25, -0.2) is 15.0 Å². The first-order valence-electron chi connectivity index (χ1n) is 23.0. The molecule has 0 bridgehead atoms. The molecule has 0 aliphatic carbocycles. The number of rotatable bonds is 6. The standard InChI is InChI=1S/C63H38N4S/c1-3-15-39(16-4-1)40-27-29-42(30-28-40)53-38-55(63-65-61(43-18-5-2-6-19-43)64-62(66-63)46-32-33-50-49-24-13-14-26-57(49)68-58(50)37-46)48-23-11-12-25-51(48)60(53)67-56-36-45-21-8-7-20-44(45)35-54(56)52-34-31-41-17-9-10-22-47(41)59(52)67/h1-38H. The van der Waals surface area contributed by atoms with Gasteiger partial charge in [0.05, 0.1) is 16.7 Å². The van der Waals surface area contributed by atoms with Gasteiger partial charge in [-0.05, 0) is 68.6 Å². The molecule has 0 aliphatic heterocycles. The Bertz CT molecular complexity index is 4300. The van der Waals surface area contributed by atoms with Gasteiger partial charge < -0.3 is 4.57 Å². The van der Waals surface area contributed by atoms with Gasteiger partial charge in [0.2, 0.25) is 0 Å². The van der Waals surface area contributed by atoms with Gasteiger partial charge in [-0.2, -0.15) is 0 Å². The van der Waals surface area contributed by atoms with Crippen molar-refractivity contribution in [2.24, 2.45) is 0 Å². The average Bonchev–Trinajstić information content (AvgIpc) is 3.95. The van der Waals surface area contributed by atoms with E-state index in [0.717, 1.165) is 55.4 Å². The average molecular weight is 883 g/mol. The lowest BCUT2D eigenvalue weighted by Crippen LogP contribution is -2.04. The monoisotopic (exact) mass is 882 g/mol. The van der Waals surface area contributed by atoms with E-state index in [2.05, 4.69) is 217 Å². The van der Waals surface area contributed by atoms with E-state index in [-0.39, 0.29) is 0 Å². The van der Waals surface area contributed by atoms with E-state index in [1.807, 2.05) is 18.2 Å². The van der Waals surface area contributed by atoms with Crippen LogP contribution >= 0.6 is 11.3 Å². The third kappa shape index (κ3) is 6.17. The number of benzene rings is 11. The number of hydrogen-bond donors (Lipinski definition) is 0. The highest BCUT2D eigenvalue weighted by atomic mass is 32.1. The summed E-state index contributed by atoms with van der Waals surface area (Å²) in [7, 11) is 0. The Labute approximate surface area is 395 Å². The molecular formula is C63H38N4S. The van der Waals surface area contributed by atoms with Crippen LogP contribution in [0.2, 0.25) is 0 Å². The van der Waals surface area contributed by atoms with Crippen molar-refractivity contribution in [2.75, 3.05) is 0 Å². The summed E-state index contributed by atoms with van der Waals surface area (Å²) in [6.45, 7) is 0. The first kappa shape index (κ1) is 38.5. The molecule has 14 aromatic rings. The summed E-state index contributed by atoms with van der Waals surface area (Å²) < 4.78 is 5.01. The normalized spacial score (nSPS) is 11.8. The highest BCUT2D eigenvalue weighted by molar-refractivity contribution is 7.25. The van der Waals surface area contributed by atoms with E-state index >= 15 is 0 Å². The smallest absolute Gasteiger partial charge is 0.164 e. The Morgan fingerprint density at radius 1 is 0.294 bits per heavy atom. The summed E-state index contributed by atoms with van der Waals surface area (Å²) in [4.78, 5) is 16.0. The van der Waals surface area contributed by atoms with E-state index in [1.54, 1.807) is 11.3 Å². The van der Waals surface area contributed by atoms with Crippen LogP contribution in [0.1, 0.15) is 0 Å². The summed E-state index contributed by atoms with van der Waals surface area (Å²) in [6, 6.07) is 83.1. The molecule has 0 saturated heterocycles. The van der Waals surface area contributed by atoms with E-state index in [0.29, 0.717) is 17.5 Å². The van der Waals surface area contributed by atoms with Crippen LogP contribution in [0.5, 0.6) is 0 Å². The molecule has 5 heteroatoms. The Kier molecular flexibility index (Phi) is 8.73.